The van der Waals surface area contributed by atoms with E-state index >= 15 is 0 Å². The van der Waals surface area contributed by atoms with E-state index in [-0.39, 0.29) is 12.2 Å². The van der Waals surface area contributed by atoms with Crippen LogP contribution in [0, 0.1) is 11.8 Å². The first-order valence-electron chi connectivity index (χ1n) is 5.61. The van der Waals surface area contributed by atoms with E-state index in [1.807, 2.05) is 30.3 Å². The Balaban J connectivity index is 1.95. The third-order valence-electron chi connectivity index (χ3n) is 2.28. The van der Waals surface area contributed by atoms with Gasteiger partial charge in [-0.2, -0.15) is 0 Å². The fraction of sp³-hybridized carbons (Fsp3) is 0.0667. The lowest BCUT2D eigenvalue weighted by atomic mass is 10.2. The maximum absolute atomic E-state index is 10.7. The Labute approximate surface area is 110 Å². The van der Waals surface area contributed by atoms with Gasteiger partial charge in [-0.3, -0.25) is 4.98 Å². The number of carboxylic acids is 1. The number of carbonyl (C=O) groups is 1. The first kappa shape index (κ1) is 12.7. The summed E-state index contributed by atoms with van der Waals surface area (Å²) in [5, 5.41) is 8.81. The minimum Gasteiger partial charge on any atom is -0.479 e. The van der Waals surface area contributed by atoms with Gasteiger partial charge in [0.2, 0.25) is 0 Å². The Morgan fingerprint density at radius 1 is 1.26 bits per heavy atom. The molecular weight excluding hydrogens is 242 g/mol. The zero-order valence-electron chi connectivity index (χ0n) is 10.0. The molecular formula is C15H11NO3. The molecule has 0 aliphatic heterocycles. The monoisotopic (exact) mass is 253 g/mol. The van der Waals surface area contributed by atoms with Crippen LogP contribution >= 0.6 is 0 Å². The number of hydrogen-bond acceptors (Lipinski definition) is 3. The molecule has 0 atom stereocenters. The third-order valence-corrected chi connectivity index (χ3v) is 2.28. The predicted octanol–water partition coefficient (Wildman–Crippen LogP) is 2.21. The summed E-state index contributed by atoms with van der Waals surface area (Å²) in [4.78, 5) is 14.5. The molecule has 0 saturated carbocycles. The minimum atomic E-state index is -1.03. The van der Waals surface area contributed by atoms with Crippen LogP contribution in [0.4, 0.5) is 0 Å². The maximum Gasteiger partial charge on any atom is 0.337 e. The Morgan fingerprint density at radius 2 is 2.05 bits per heavy atom. The molecule has 2 rings (SSSR count). The minimum absolute atomic E-state index is 0.0912. The largest absolute Gasteiger partial charge is 0.479 e. The van der Waals surface area contributed by atoms with E-state index in [1.165, 1.54) is 18.5 Å². The first-order chi connectivity index (χ1) is 9.25. The molecule has 0 fully saturated rings. The van der Waals surface area contributed by atoms with Crippen LogP contribution in [0.1, 0.15) is 15.9 Å². The second-order valence-electron chi connectivity index (χ2n) is 3.67. The van der Waals surface area contributed by atoms with Gasteiger partial charge in [0.1, 0.15) is 12.4 Å². The van der Waals surface area contributed by atoms with Gasteiger partial charge in [0.05, 0.1) is 11.8 Å². The Hall–Kier alpha value is -2.80. The predicted molar refractivity (Wildman–Crippen MR) is 70.0 cm³/mol. The number of nitrogens with zero attached hydrogens (tertiary/aromatic N) is 1. The lowest BCUT2D eigenvalue weighted by molar-refractivity contribution is 0.0696. The fourth-order valence-electron chi connectivity index (χ4n) is 1.39. The molecule has 0 unspecified atom stereocenters. The standard InChI is InChI=1S/C15H11NO3/c17-15(18)13-9-14(11-16-10-13)19-8-4-7-12-5-2-1-3-6-12/h1-3,5-6,9-11H,8H2,(H,17,18). The number of hydrogen-bond donors (Lipinski definition) is 1. The molecule has 0 amide bonds. The average molecular weight is 253 g/mol. The van der Waals surface area contributed by atoms with Crippen LogP contribution in [0.5, 0.6) is 5.75 Å². The van der Waals surface area contributed by atoms with Crippen molar-refractivity contribution < 1.29 is 14.6 Å². The van der Waals surface area contributed by atoms with Crippen molar-refractivity contribution >= 4 is 5.97 Å². The van der Waals surface area contributed by atoms with Gasteiger partial charge >= 0.3 is 5.97 Å². The fourth-order valence-corrected chi connectivity index (χ4v) is 1.39. The third kappa shape index (κ3) is 3.86. The summed E-state index contributed by atoms with van der Waals surface area (Å²) in [7, 11) is 0. The molecule has 1 heterocycles. The molecule has 1 N–H and O–H groups in total. The van der Waals surface area contributed by atoms with Gasteiger partial charge in [-0.05, 0) is 18.2 Å². The molecule has 0 saturated heterocycles. The van der Waals surface area contributed by atoms with Crippen molar-refractivity contribution in [1.29, 1.82) is 0 Å². The second kappa shape index (κ2) is 6.22. The number of aromatic nitrogens is 1. The zero-order valence-corrected chi connectivity index (χ0v) is 10.0. The molecule has 4 nitrogen and oxygen atoms in total. The van der Waals surface area contributed by atoms with E-state index in [0.717, 1.165) is 5.56 Å². The van der Waals surface area contributed by atoms with E-state index in [4.69, 9.17) is 9.84 Å². The number of carboxylic acid groups (broad SMARTS) is 1. The average Bonchev–Trinajstić information content (AvgIpc) is 2.45. The van der Waals surface area contributed by atoms with Crippen LogP contribution < -0.4 is 4.74 Å². The number of aromatic carboxylic acids is 1. The highest BCUT2D eigenvalue weighted by atomic mass is 16.5. The number of pyridine rings is 1. The van der Waals surface area contributed by atoms with Gasteiger partial charge in [0, 0.05) is 11.8 Å². The van der Waals surface area contributed by atoms with Crippen molar-refractivity contribution in [2.75, 3.05) is 6.61 Å². The van der Waals surface area contributed by atoms with Gasteiger partial charge in [-0.25, -0.2) is 4.79 Å². The van der Waals surface area contributed by atoms with Gasteiger partial charge in [-0.15, -0.1) is 0 Å². The van der Waals surface area contributed by atoms with Crippen molar-refractivity contribution in [3.63, 3.8) is 0 Å². The lowest BCUT2D eigenvalue weighted by Gasteiger charge is -2.01. The molecule has 0 radical (unpaired) electrons. The van der Waals surface area contributed by atoms with E-state index in [1.54, 1.807) is 0 Å². The van der Waals surface area contributed by atoms with Gasteiger partial charge < -0.3 is 9.84 Å². The highest BCUT2D eigenvalue weighted by Crippen LogP contribution is 2.10. The first-order valence-corrected chi connectivity index (χ1v) is 5.61. The van der Waals surface area contributed by atoms with E-state index in [0.29, 0.717) is 5.75 Å². The van der Waals surface area contributed by atoms with Gasteiger partial charge in [-0.1, -0.05) is 30.0 Å². The number of ether oxygens (including phenoxy) is 1. The molecule has 1 aromatic heterocycles. The van der Waals surface area contributed by atoms with Gasteiger partial charge in [0.25, 0.3) is 0 Å². The Morgan fingerprint density at radius 3 is 2.79 bits per heavy atom. The van der Waals surface area contributed by atoms with E-state index in [2.05, 4.69) is 16.8 Å². The molecule has 2 aromatic rings. The smallest absolute Gasteiger partial charge is 0.337 e. The highest BCUT2D eigenvalue weighted by Gasteiger charge is 2.03. The van der Waals surface area contributed by atoms with Crippen LogP contribution in [0.25, 0.3) is 0 Å². The topological polar surface area (TPSA) is 59.4 Å². The Bertz CT molecular complexity index is 627. The van der Waals surface area contributed by atoms with Crippen LogP contribution in [0.15, 0.2) is 48.8 Å². The summed E-state index contributed by atoms with van der Waals surface area (Å²) in [6.45, 7) is 0.180. The zero-order chi connectivity index (χ0) is 13.5. The lowest BCUT2D eigenvalue weighted by Crippen LogP contribution is -2.00. The van der Waals surface area contributed by atoms with E-state index < -0.39 is 5.97 Å². The summed E-state index contributed by atoms with van der Waals surface area (Å²) in [6.07, 6.45) is 2.72. The van der Waals surface area contributed by atoms with Crippen molar-refractivity contribution in [1.82, 2.24) is 4.98 Å². The highest BCUT2D eigenvalue weighted by molar-refractivity contribution is 5.87. The van der Waals surface area contributed by atoms with Crippen molar-refractivity contribution in [2.24, 2.45) is 0 Å². The molecule has 0 aliphatic rings. The van der Waals surface area contributed by atoms with Crippen molar-refractivity contribution in [3.8, 4) is 17.6 Å². The summed E-state index contributed by atoms with van der Waals surface area (Å²) in [6, 6.07) is 11.0. The summed E-state index contributed by atoms with van der Waals surface area (Å²) < 4.78 is 5.32. The van der Waals surface area contributed by atoms with Crippen molar-refractivity contribution in [2.45, 2.75) is 0 Å². The SMILES string of the molecule is O=C(O)c1cncc(OCC#Cc2ccccc2)c1. The number of rotatable bonds is 3. The van der Waals surface area contributed by atoms with Crippen LogP contribution in [0.3, 0.4) is 0 Å². The second-order valence-corrected chi connectivity index (χ2v) is 3.67. The van der Waals surface area contributed by atoms with Gasteiger partial charge in [0.15, 0.2) is 0 Å². The summed E-state index contributed by atoms with van der Waals surface area (Å²) >= 11 is 0. The molecule has 1 aromatic carbocycles. The van der Waals surface area contributed by atoms with Crippen LogP contribution in [-0.2, 0) is 0 Å². The number of benzene rings is 1. The molecule has 0 aliphatic carbocycles. The quantitative estimate of drug-likeness (QED) is 0.852. The molecule has 19 heavy (non-hydrogen) atoms. The molecule has 94 valence electrons. The summed E-state index contributed by atoms with van der Waals surface area (Å²) in [5.41, 5.74) is 0.997. The normalized spacial score (nSPS) is 9.26. The molecule has 0 bridgehead atoms. The Kier molecular flexibility index (Phi) is 4.14. The maximum atomic E-state index is 10.7. The molecule has 4 heteroatoms. The molecule has 0 spiro atoms. The van der Waals surface area contributed by atoms with Crippen LogP contribution in [0.2, 0.25) is 0 Å². The van der Waals surface area contributed by atoms with Crippen LogP contribution in [-0.4, -0.2) is 22.7 Å². The van der Waals surface area contributed by atoms with Crippen molar-refractivity contribution in [3.05, 3.63) is 59.9 Å². The summed E-state index contributed by atoms with van der Waals surface area (Å²) in [5.74, 6) is 5.15. The van der Waals surface area contributed by atoms with E-state index in [9.17, 15) is 4.79 Å².